The molecule has 0 radical (unpaired) electrons. The Morgan fingerprint density at radius 2 is 1.62 bits per heavy atom. The number of imidazole rings is 1. The molecular weight excluding hydrogens is 660 g/mol. The van der Waals surface area contributed by atoms with Gasteiger partial charge in [-0.3, -0.25) is 9.59 Å². The van der Waals surface area contributed by atoms with Crippen LogP contribution in [0.25, 0.3) is 22.2 Å². The summed E-state index contributed by atoms with van der Waals surface area (Å²) in [5.74, 6) is -0.799. The molecule has 2 heterocycles. The first kappa shape index (κ1) is 34.9. The van der Waals surface area contributed by atoms with E-state index in [1.807, 2.05) is 37.3 Å². The largest absolute Gasteiger partial charge is 0.465 e. The lowest BCUT2D eigenvalue weighted by Crippen LogP contribution is -2.48. The number of carboxylic acid groups (broad SMARTS) is 1. The van der Waals surface area contributed by atoms with Crippen molar-refractivity contribution < 1.29 is 27.9 Å². The maximum Gasteiger partial charge on any atom is 0.404 e. The van der Waals surface area contributed by atoms with Crippen LogP contribution in [0.3, 0.4) is 0 Å². The van der Waals surface area contributed by atoms with Gasteiger partial charge in [-0.15, -0.1) is 0 Å². The molecule has 264 valence electrons. The highest BCUT2D eigenvalue weighted by molar-refractivity contribution is 7.89. The van der Waals surface area contributed by atoms with Gasteiger partial charge in [-0.05, 0) is 104 Å². The molecule has 0 spiro atoms. The molecule has 4 aromatic rings. The van der Waals surface area contributed by atoms with E-state index < -0.39 is 28.1 Å². The maximum absolute atomic E-state index is 13.7. The molecule has 1 saturated carbocycles. The minimum atomic E-state index is -3.58. The zero-order valence-electron chi connectivity index (χ0n) is 27.8. The lowest BCUT2D eigenvalue weighted by Gasteiger charge is -2.29. The molecule has 6 rings (SSSR count). The van der Waals surface area contributed by atoms with Gasteiger partial charge in [0.25, 0.3) is 0 Å². The molecular formula is C36H42N6O7S. The average molecular weight is 703 g/mol. The highest BCUT2D eigenvalue weighted by Gasteiger charge is 2.31. The molecule has 50 heavy (non-hydrogen) atoms. The standard InChI is InChI=1S/C36H42N6O7S/c1-22-4-14-28(50(48,49)42-16-2-3-17-42)20-29(22)25-9-5-23(6-10-25)18-32(34(44)38-27-13-15-30-31(19-27)41-35(45)40-30)39-33(43)26-11-7-24(8-12-26)21-37-36(46)47/h4-6,9-10,13-15,19-20,24,26,32,37H,2-3,7-8,11-12,16-18,21H2,1H3,(H,38,44)(H,39,43)(H,46,47)(H2,40,41,45)/t24-,26-,32-/m0/s1. The first-order valence-corrected chi connectivity index (χ1v) is 18.4. The Bertz CT molecular complexity index is 2040. The Morgan fingerprint density at radius 1 is 0.920 bits per heavy atom. The minimum Gasteiger partial charge on any atom is -0.465 e. The summed E-state index contributed by atoms with van der Waals surface area (Å²) in [6, 6.07) is 16.8. The Balaban J connectivity index is 1.19. The van der Waals surface area contributed by atoms with Gasteiger partial charge in [0.05, 0.1) is 15.9 Å². The second-order valence-corrected chi connectivity index (χ2v) is 15.2. The van der Waals surface area contributed by atoms with Crippen molar-refractivity contribution in [2.45, 2.75) is 62.8 Å². The highest BCUT2D eigenvalue weighted by atomic mass is 32.2. The number of hydrogen-bond acceptors (Lipinski definition) is 6. The number of sulfonamides is 1. The van der Waals surface area contributed by atoms with Crippen molar-refractivity contribution >= 4 is 44.7 Å². The number of nitrogens with zero attached hydrogens (tertiary/aromatic N) is 1. The number of anilines is 1. The van der Waals surface area contributed by atoms with E-state index in [9.17, 15) is 27.6 Å². The summed E-state index contributed by atoms with van der Waals surface area (Å²) in [7, 11) is -3.58. The average Bonchev–Trinajstić information content (AvgIpc) is 3.78. The number of hydrogen-bond donors (Lipinski definition) is 6. The Kier molecular flexibility index (Phi) is 10.4. The van der Waals surface area contributed by atoms with E-state index in [1.165, 1.54) is 4.31 Å². The van der Waals surface area contributed by atoms with Gasteiger partial charge in [-0.1, -0.05) is 30.3 Å². The Morgan fingerprint density at radius 3 is 2.32 bits per heavy atom. The maximum atomic E-state index is 13.7. The van der Waals surface area contributed by atoms with E-state index in [1.54, 1.807) is 30.3 Å². The fourth-order valence-electron chi connectivity index (χ4n) is 6.91. The minimum absolute atomic E-state index is 0.159. The zero-order chi connectivity index (χ0) is 35.4. The molecule has 1 atom stereocenters. The summed E-state index contributed by atoms with van der Waals surface area (Å²) >= 11 is 0. The number of rotatable bonds is 11. The predicted octanol–water partition coefficient (Wildman–Crippen LogP) is 4.36. The molecule has 1 aromatic heterocycles. The van der Waals surface area contributed by atoms with Crippen LogP contribution in [0.1, 0.15) is 49.7 Å². The van der Waals surface area contributed by atoms with Crippen molar-refractivity contribution in [3.63, 3.8) is 0 Å². The Labute approximate surface area is 289 Å². The fraction of sp³-hybridized carbons (Fsp3) is 0.389. The summed E-state index contributed by atoms with van der Waals surface area (Å²) in [4.78, 5) is 55.5. The third-order valence-corrected chi connectivity index (χ3v) is 11.7. The molecule has 1 aliphatic heterocycles. The van der Waals surface area contributed by atoms with Gasteiger partial charge in [0, 0.05) is 37.7 Å². The van der Waals surface area contributed by atoms with Gasteiger partial charge in [-0.2, -0.15) is 4.31 Å². The highest BCUT2D eigenvalue weighted by Crippen LogP contribution is 2.31. The third-order valence-electron chi connectivity index (χ3n) is 9.79. The van der Waals surface area contributed by atoms with Crippen molar-refractivity contribution in [2.75, 3.05) is 25.0 Å². The summed E-state index contributed by atoms with van der Waals surface area (Å²) in [5, 5.41) is 17.2. The van der Waals surface area contributed by atoms with Crippen molar-refractivity contribution in [1.82, 2.24) is 24.9 Å². The first-order valence-electron chi connectivity index (χ1n) is 17.0. The number of amides is 3. The quantitative estimate of drug-likeness (QED) is 0.134. The van der Waals surface area contributed by atoms with Gasteiger partial charge in [-0.25, -0.2) is 18.0 Å². The third kappa shape index (κ3) is 8.08. The molecule has 0 unspecified atom stereocenters. The van der Waals surface area contributed by atoms with Crippen LogP contribution in [-0.2, 0) is 26.0 Å². The van der Waals surface area contributed by atoms with Gasteiger partial charge in [0.1, 0.15) is 6.04 Å². The van der Waals surface area contributed by atoms with Gasteiger partial charge >= 0.3 is 11.8 Å². The van der Waals surface area contributed by atoms with Crippen LogP contribution in [-0.4, -0.2) is 71.4 Å². The molecule has 1 aliphatic carbocycles. The zero-order valence-corrected chi connectivity index (χ0v) is 28.6. The van der Waals surface area contributed by atoms with Crippen LogP contribution in [0.5, 0.6) is 0 Å². The lowest BCUT2D eigenvalue weighted by atomic mass is 9.81. The van der Waals surface area contributed by atoms with Gasteiger partial charge in [0.2, 0.25) is 21.8 Å². The molecule has 6 N–H and O–H groups in total. The summed E-state index contributed by atoms with van der Waals surface area (Å²) in [6.45, 7) is 3.33. The SMILES string of the molecule is Cc1ccc(S(=O)(=O)N2CCCC2)cc1-c1ccc(C[C@H](NC(=O)[C@H]2CC[C@H](CNC(=O)O)CC2)C(=O)Nc2ccc3[nH]c(=O)[nH]c3c2)cc1. The van der Waals surface area contributed by atoms with Crippen LogP contribution in [0, 0.1) is 18.8 Å². The summed E-state index contributed by atoms with van der Waals surface area (Å²) in [5.41, 5.74) is 4.58. The van der Waals surface area contributed by atoms with Crippen molar-refractivity contribution in [2.24, 2.45) is 11.8 Å². The predicted molar refractivity (Wildman–Crippen MR) is 189 cm³/mol. The molecule has 2 aliphatic rings. The van der Waals surface area contributed by atoms with E-state index in [0.29, 0.717) is 62.0 Å². The van der Waals surface area contributed by atoms with Crippen molar-refractivity contribution in [1.29, 1.82) is 0 Å². The topological polar surface area (TPSA) is 194 Å². The summed E-state index contributed by atoms with van der Waals surface area (Å²) in [6.07, 6.45) is 3.42. The molecule has 0 bridgehead atoms. The number of aromatic amines is 2. The molecule has 14 heteroatoms. The van der Waals surface area contributed by atoms with E-state index in [2.05, 4.69) is 25.9 Å². The summed E-state index contributed by atoms with van der Waals surface area (Å²) < 4.78 is 28.0. The monoisotopic (exact) mass is 702 g/mol. The van der Waals surface area contributed by atoms with Gasteiger partial charge in [0.15, 0.2) is 0 Å². The number of nitrogens with one attached hydrogen (secondary N) is 5. The van der Waals surface area contributed by atoms with E-state index >= 15 is 0 Å². The van der Waals surface area contributed by atoms with E-state index in [-0.39, 0.29) is 34.7 Å². The smallest absolute Gasteiger partial charge is 0.404 e. The normalized spacial score (nSPS) is 18.8. The van der Waals surface area contributed by atoms with Crippen LogP contribution < -0.4 is 21.6 Å². The van der Waals surface area contributed by atoms with Crippen LogP contribution in [0.2, 0.25) is 0 Å². The van der Waals surface area contributed by atoms with E-state index in [4.69, 9.17) is 5.11 Å². The number of carbonyl (C=O) groups is 3. The molecule has 3 amide bonds. The number of aromatic nitrogens is 2. The van der Waals surface area contributed by atoms with Crippen molar-refractivity contribution in [3.05, 3.63) is 82.3 Å². The second kappa shape index (κ2) is 14.9. The number of carbonyl (C=O) groups excluding carboxylic acids is 2. The molecule has 1 saturated heterocycles. The number of benzene rings is 3. The van der Waals surface area contributed by atoms with E-state index in [0.717, 1.165) is 35.1 Å². The van der Waals surface area contributed by atoms with Crippen LogP contribution >= 0.6 is 0 Å². The first-order chi connectivity index (χ1) is 24.0. The molecule has 3 aromatic carbocycles. The fourth-order valence-corrected chi connectivity index (χ4v) is 8.45. The number of aryl methyl sites for hydroxylation is 1. The molecule has 13 nitrogen and oxygen atoms in total. The van der Waals surface area contributed by atoms with Crippen molar-refractivity contribution in [3.8, 4) is 11.1 Å². The van der Waals surface area contributed by atoms with Crippen LogP contribution in [0.4, 0.5) is 10.5 Å². The number of H-pyrrole nitrogens is 2. The van der Waals surface area contributed by atoms with Crippen LogP contribution in [0.15, 0.2) is 70.4 Å². The Hall–Kier alpha value is -4.95. The van der Waals surface area contributed by atoms with Gasteiger partial charge < -0.3 is 31.0 Å². The molecule has 2 fully saturated rings. The lowest BCUT2D eigenvalue weighted by molar-refractivity contribution is -0.130. The second-order valence-electron chi connectivity index (χ2n) is 13.3. The number of fused-ring (bicyclic) bond motifs is 1.